The molecule has 1 aromatic heterocycles. The third kappa shape index (κ3) is 2.67. The zero-order valence-corrected chi connectivity index (χ0v) is 10.6. The Balaban J connectivity index is 2.80. The van der Waals surface area contributed by atoms with Crippen LogP contribution in [0.3, 0.4) is 0 Å². The van der Waals surface area contributed by atoms with Crippen LogP contribution >= 0.6 is 0 Å². The van der Waals surface area contributed by atoms with E-state index in [0.717, 1.165) is 0 Å². The highest BCUT2D eigenvalue weighted by molar-refractivity contribution is 6.59. The van der Waals surface area contributed by atoms with Crippen molar-refractivity contribution in [2.24, 2.45) is 7.05 Å². The summed E-state index contributed by atoms with van der Waals surface area (Å²) < 4.78 is 7.30. The van der Waals surface area contributed by atoms with Gasteiger partial charge in [-0.25, -0.2) is 0 Å². The standard InChI is InChI=1S/C11H20BNO3/c1-10(2,14)11(3,4)16-12(15)9-7-6-8-13(9)5/h6-8,14-15H,1-5H3. The van der Waals surface area contributed by atoms with Gasteiger partial charge in [0, 0.05) is 18.8 Å². The molecule has 0 spiro atoms. The molecular formula is C11H20BNO3. The van der Waals surface area contributed by atoms with Crippen LogP contribution in [0.5, 0.6) is 0 Å². The van der Waals surface area contributed by atoms with Gasteiger partial charge in [-0.2, -0.15) is 0 Å². The van der Waals surface area contributed by atoms with Crippen molar-refractivity contribution >= 4 is 12.7 Å². The van der Waals surface area contributed by atoms with Gasteiger partial charge in [-0.3, -0.25) is 0 Å². The highest BCUT2D eigenvalue weighted by atomic mass is 16.5. The van der Waals surface area contributed by atoms with Gasteiger partial charge in [0.15, 0.2) is 0 Å². The lowest BCUT2D eigenvalue weighted by atomic mass is 9.80. The minimum atomic E-state index is -1.04. The summed E-state index contributed by atoms with van der Waals surface area (Å²) >= 11 is 0. The molecule has 0 amide bonds. The third-order valence-electron chi connectivity index (χ3n) is 3.12. The maximum absolute atomic E-state index is 9.94. The molecule has 5 heteroatoms. The second-order valence-corrected chi connectivity index (χ2v) is 5.08. The first-order valence-corrected chi connectivity index (χ1v) is 5.34. The van der Waals surface area contributed by atoms with E-state index in [1.165, 1.54) is 0 Å². The molecule has 1 rings (SSSR count). The van der Waals surface area contributed by atoms with Gasteiger partial charge in [0.25, 0.3) is 0 Å². The molecule has 4 nitrogen and oxygen atoms in total. The first-order chi connectivity index (χ1) is 7.15. The number of hydrogen-bond acceptors (Lipinski definition) is 3. The van der Waals surface area contributed by atoms with E-state index in [1.54, 1.807) is 38.3 Å². The quantitative estimate of drug-likeness (QED) is 0.723. The van der Waals surface area contributed by atoms with Crippen molar-refractivity contribution < 1.29 is 14.8 Å². The Morgan fingerprint density at radius 1 is 1.31 bits per heavy atom. The number of aromatic nitrogens is 1. The molecule has 0 aliphatic rings. The normalized spacial score (nSPS) is 12.9. The molecular weight excluding hydrogens is 205 g/mol. The molecule has 0 atom stereocenters. The first kappa shape index (κ1) is 13.3. The third-order valence-corrected chi connectivity index (χ3v) is 3.12. The summed E-state index contributed by atoms with van der Waals surface area (Å²) in [5, 5.41) is 19.9. The van der Waals surface area contributed by atoms with Gasteiger partial charge in [0.05, 0.1) is 11.2 Å². The van der Waals surface area contributed by atoms with E-state index >= 15 is 0 Å². The molecule has 0 aromatic carbocycles. The molecule has 0 unspecified atom stereocenters. The Kier molecular flexibility index (Phi) is 3.52. The van der Waals surface area contributed by atoms with E-state index in [-0.39, 0.29) is 0 Å². The van der Waals surface area contributed by atoms with Gasteiger partial charge < -0.3 is 19.4 Å². The molecule has 0 saturated heterocycles. The summed E-state index contributed by atoms with van der Waals surface area (Å²) in [5.74, 6) is 0. The molecule has 16 heavy (non-hydrogen) atoms. The lowest BCUT2D eigenvalue weighted by molar-refractivity contribution is -0.0984. The van der Waals surface area contributed by atoms with Gasteiger partial charge in [-0.1, -0.05) is 0 Å². The fourth-order valence-corrected chi connectivity index (χ4v) is 1.21. The molecule has 1 aromatic rings. The molecule has 0 aliphatic heterocycles. The monoisotopic (exact) mass is 225 g/mol. The van der Waals surface area contributed by atoms with Gasteiger partial charge in [-0.05, 0) is 39.8 Å². The molecule has 0 bridgehead atoms. The summed E-state index contributed by atoms with van der Waals surface area (Å²) in [6.07, 6.45) is 1.83. The van der Waals surface area contributed by atoms with Gasteiger partial charge >= 0.3 is 7.12 Å². The second-order valence-electron chi connectivity index (χ2n) is 5.08. The van der Waals surface area contributed by atoms with Crippen molar-refractivity contribution in [1.82, 2.24) is 4.57 Å². The highest BCUT2D eigenvalue weighted by Gasteiger charge is 2.40. The maximum atomic E-state index is 9.94. The summed E-state index contributed by atoms with van der Waals surface area (Å²) in [4.78, 5) is 0. The Labute approximate surface area is 97.0 Å². The summed E-state index contributed by atoms with van der Waals surface area (Å²) in [6, 6.07) is 3.62. The van der Waals surface area contributed by atoms with Crippen LogP contribution in [0.2, 0.25) is 0 Å². The topological polar surface area (TPSA) is 54.6 Å². The number of hydrogen-bond donors (Lipinski definition) is 2. The van der Waals surface area contributed by atoms with Crippen molar-refractivity contribution in [3.05, 3.63) is 18.3 Å². The SMILES string of the molecule is Cn1cccc1B(O)OC(C)(C)C(C)(C)O. The maximum Gasteiger partial charge on any atom is 0.509 e. The minimum Gasteiger partial charge on any atom is -0.422 e. The number of aryl methyl sites for hydroxylation is 1. The fraction of sp³-hybridized carbons (Fsp3) is 0.636. The Bertz CT molecular complexity index is 354. The van der Waals surface area contributed by atoms with Crippen LogP contribution < -0.4 is 5.59 Å². The van der Waals surface area contributed by atoms with E-state index in [0.29, 0.717) is 5.59 Å². The van der Waals surface area contributed by atoms with E-state index in [1.807, 2.05) is 19.3 Å². The van der Waals surface area contributed by atoms with Crippen molar-refractivity contribution in [1.29, 1.82) is 0 Å². The first-order valence-electron chi connectivity index (χ1n) is 5.34. The molecule has 0 radical (unpaired) electrons. The lowest BCUT2D eigenvalue weighted by Gasteiger charge is -2.38. The van der Waals surface area contributed by atoms with E-state index in [9.17, 15) is 10.1 Å². The smallest absolute Gasteiger partial charge is 0.422 e. The van der Waals surface area contributed by atoms with Crippen molar-refractivity contribution in [2.45, 2.75) is 38.9 Å². The largest absolute Gasteiger partial charge is 0.509 e. The summed E-state index contributed by atoms with van der Waals surface area (Å²) in [7, 11) is 0.792. The van der Waals surface area contributed by atoms with Crippen LogP contribution in [0, 0.1) is 0 Å². The zero-order valence-electron chi connectivity index (χ0n) is 10.6. The molecule has 1 heterocycles. The average molecular weight is 225 g/mol. The fourth-order valence-electron chi connectivity index (χ4n) is 1.21. The van der Waals surface area contributed by atoms with Crippen LogP contribution in [0.15, 0.2) is 18.3 Å². The zero-order chi connectivity index (χ0) is 12.6. The van der Waals surface area contributed by atoms with Crippen LogP contribution in [0.25, 0.3) is 0 Å². The van der Waals surface area contributed by atoms with Crippen LogP contribution in [0.1, 0.15) is 27.7 Å². The van der Waals surface area contributed by atoms with Crippen molar-refractivity contribution in [2.75, 3.05) is 0 Å². The van der Waals surface area contributed by atoms with E-state index in [2.05, 4.69) is 0 Å². The summed E-state index contributed by atoms with van der Waals surface area (Å²) in [5.41, 5.74) is -1.20. The van der Waals surface area contributed by atoms with Gasteiger partial charge in [-0.15, -0.1) is 0 Å². The predicted octanol–water partition coefficient (Wildman–Crippen LogP) is 0.279. The number of rotatable bonds is 4. The average Bonchev–Trinajstić information content (AvgIpc) is 2.48. The Morgan fingerprint density at radius 3 is 2.25 bits per heavy atom. The summed E-state index contributed by atoms with van der Waals surface area (Å²) in [6.45, 7) is 6.81. The van der Waals surface area contributed by atoms with Crippen LogP contribution in [-0.2, 0) is 11.7 Å². The van der Waals surface area contributed by atoms with E-state index < -0.39 is 18.3 Å². The highest BCUT2D eigenvalue weighted by Crippen LogP contribution is 2.25. The number of nitrogens with zero attached hydrogens (tertiary/aromatic N) is 1. The molecule has 0 fully saturated rings. The predicted molar refractivity (Wildman–Crippen MR) is 64.5 cm³/mol. The van der Waals surface area contributed by atoms with Crippen LogP contribution in [-0.4, -0.2) is 33.0 Å². The number of aliphatic hydroxyl groups is 1. The van der Waals surface area contributed by atoms with Crippen LogP contribution in [0.4, 0.5) is 0 Å². The Hall–Kier alpha value is -0.775. The van der Waals surface area contributed by atoms with Crippen molar-refractivity contribution in [3.8, 4) is 0 Å². The molecule has 2 N–H and O–H groups in total. The Morgan fingerprint density at radius 2 is 1.88 bits per heavy atom. The lowest BCUT2D eigenvalue weighted by Crippen LogP contribution is -2.54. The molecule has 0 saturated carbocycles. The van der Waals surface area contributed by atoms with Crippen molar-refractivity contribution in [3.63, 3.8) is 0 Å². The minimum absolute atomic E-state index is 0.664. The van der Waals surface area contributed by atoms with E-state index in [4.69, 9.17) is 4.65 Å². The molecule has 90 valence electrons. The molecule has 0 aliphatic carbocycles. The van der Waals surface area contributed by atoms with Gasteiger partial charge in [0.2, 0.25) is 0 Å². The second kappa shape index (κ2) is 4.24. The van der Waals surface area contributed by atoms with Gasteiger partial charge in [0.1, 0.15) is 0 Å².